The van der Waals surface area contributed by atoms with Gasteiger partial charge in [0.15, 0.2) is 0 Å². The average molecular weight is 447 g/mol. The SMILES string of the molecule is CC(C)N(C(=O)C1CCN(S(=O)(=O)c2c(Cl)cccc2Cl)CC1)C1CCCC1. The summed E-state index contributed by atoms with van der Waals surface area (Å²) in [4.78, 5) is 15.2. The molecule has 1 heterocycles. The van der Waals surface area contributed by atoms with Gasteiger partial charge >= 0.3 is 0 Å². The smallest absolute Gasteiger partial charge is 0.246 e. The van der Waals surface area contributed by atoms with Gasteiger partial charge in [0, 0.05) is 31.1 Å². The molecular weight excluding hydrogens is 419 g/mol. The molecule has 28 heavy (non-hydrogen) atoms. The number of carbonyl (C=O) groups excluding carboxylic acids is 1. The molecule has 2 aliphatic rings. The average Bonchev–Trinajstić information content (AvgIpc) is 3.15. The third-order valence-electron chi connectivity index (χ3n) is 5.85. The van der Waals surface area contributed by atoms with Crippen molar-refractivity contribution in [1.82, 2.24) is 9.21 Å². The number of sulfonamides is 1. The maximum absolute atomic E-state index is 13.2. The zero-order chi connectivity index (χ0) is 20.5. The molecule has 0 N–H and O–H groups in total. The van der Waals surface area contributed by atoms with Gasteiger partial charge in [-0.15, -0.1) is 0 Å². The Balaban J connectivity index is 1.70. The van der Waals surface area contributed by atoms with E-state index in [1.165, 1.54) is 29.3 Å². The number of piperidine rings is 1. The molecule has 1 aliphatic carbocycles. The minimum atomic E-state index is -3.78. The van der Waals surface area contributed by atoms with Crippen LogP contribution in [0.25, 0.3) is 0 Å². The van der Waals surface area contributed by atoms with E-state index in [1.807, 2.05) is 4.90 Å². The number of rotatable bonds is 5. The summed E-state index contributed by atoms with van der Waals surface area (Å²) in [6.45, 7) is 4.73. The first kappa shape index (κ1) is 21.9. The predicted octanol–water partition coefficient (Wildman–Crippen LogP) is 4.57. The first-order valence-electron chi connectivity index (χ1n) is 9.99. The third-order valence-corrected chi connectivity index (χ3v) is 8.70. The number of nitrogens with zero attached hydrogens (tertiary/aromatic N) is 2. The van der Waals surface area contributed by atoms with Gasteiger partial charge in [-0.3, -0.25) is 4.79 Å². The van der Waals surface area contributed by atoms with E-state index in [9.17, 15) is 13.2 Å². The largest absolute Gasteiger partial charge is 0.337 e. The van der Waals surface area contributed by atoms with Gasteiger partial charge < -0.3 is 4.90 Å². The zero-order valence-corrected chi connectivity index (χ0v) is 18.7. The van der Waals surface area contributed by atoms with Crippen LogP contribution < -0.4 is 0 Å². The highest BCUT2D eigenvalue weighted by atomic mass is 35.5. The lowest BCUT2D eigenvalue weighted by Gasteiger charge is -2.38. The van der Waals surface area contributed by atoms with E-state index in [0.29, 0.717) is 32.0 Å². The van der Waals surface area contributed by atoms with Gasteiger partial charge in [0.1, 0.15) is 4.90 Å². The van der Waals surface area contributed by atoms with Gasteiger partial charge in [-0.25, -0.2) is 8.42 Å². The van der Waals surface area contributed by atoms with Gasteiger partial charge in [0.05, 0.1) is 10.0 Å². The molecule has 5 nitrogen and oxygen atoms in total. The number of halogens is 2. The zero-order valence-electron chi connectivity index (χ0n) is 16.4. The summed E-state index contributed by atoms with van der Waals surface area (Å²) in [7, 11) is -3.78. The van der Waals surface area contributed by atoms with Crippen molar-refractivity contribution < 1.29 is 13.2 Å². The highest BCUT2D eigenvalue weighted by Gasteiger charge is 2.38. The molecule has 1 aromatic rings. The van der Waals surface area contributed by atoms with Crippen LogP contribution >= 0.6 is 23.2 Å². The molecule has 0 atom stereocenters. The molecule has 0 bridgehead atoms. The third kappa shape index (κ3) is 4.35. The van der Waals surface area contributed by atoms with Crippen LogP contribution in [0.5, 0.6) is 0 Å². The number of hydrogen-bond acceptors (Lipinski definition) is 3. The van der Waals surface area contributed by atoms with E-state index in [1.54, 1.807) is 6.07 Å². The maximum atomic E-state index is 13.2. The first-order valence-corrected chi connectivity index (χ1v) is 12.2. The van der Waals surface area contributed by atoms with Crippen molar-refractivity contribution in [2.75, 3.05) is 13.1 Å². The minimum Gasteiger partial charge on any atom is -0.337 e. The second kappa shape index (κ2) is 8.90. The molecule has 3 rings (SSSR count). The molecular formula is C20H28Cl2N2O3S. The normalized spacial score (nSPS) is 20.0. The van der Waals surface area contributed by atoms with Crippen LogP contribution in [0.15, 0.2) is 23.1 Å². The molecule has 1 saturated heterocycles. The van der Waals surface area contributed by atoms with Crippen LogP contribution in [-0.4, -0.2) is 48.7 Å². The predicted molar refractivity (Wildman–Crippen MR) is 112 cm³/mol. The number of amides is 1. The van der Waals surface area contributed by atoms with Gasteiger partial charge in [-0.2, -0.15) is 4.31 Å². The van der Waals surface area contributed by atoms with Crippen LogP contribution in [0, 0.1) is 5.92 Å². The quantitative estimate of drug-likeness (QED) is 0.664. The maximum Gasteiger partial charge on any atom is 0.246 e. The lowest BCUT2D eigenvalue weighted by molar-refractivity contribution is -0.141. The standard InChI is InChI=1S/C20H28Cl2N2O3S/c1-14(2)24(16-6-3-4-7-16)20(25)15-10-12-23(13-11-15)28(26,27)19-17(21)8-5-9-18(19)22/h5,8-9,14-16H,3-4,6-7,10-13H2,1-2H3. The molecule has 8 heteroatoms. The van der Waals surface area contributed by atoms with Crippen molar-refractivity contribution in [3.05, 3.63) is 28.2 Å². The van der Waals surface area contributed by atoms with Crippen molar-refractivity contribution in [2.24, 2.45) is 5.92 Å². The molecule has 2 fully saturated rings. The van der Waals surface area contributed by atoms with Crippen molar-refractivity contribution in [3.8, 4) is 0 Å². The molecule has 0 radical (unpaired) electrons. The minimum absolute atomic E-state index is 0.0436. The Labute approximate surface area is 178 Å². The summed E-state index contributed by atoms with van der Waals surface area (Å²) >= 11 is 12.2. The Bertz CT molecular complexity index is 794. The first-order chi connectivity index (χ1) is 13.2. The lowest BCUT2D eigenvalue weighted by atomic mass is 9.95. The Morgan fingerprint density at radius 2 is 1.61 bits per heavy atom. The van der Waals surface area contributed by atoms with E-state index in [-0.39, 0.29) is 32.8 Å². The Kier molecular flexibility index (Phi) is 6.96. The Morgan fingerprint density at radius 3 is 2.11 bits per heavy atom. The van der Waals surface area contributed by atoms with Crippen molar-refractivity contribution in [2.45, 2.75) is 69.4 Å². The second-order valence-electron chi connectivity index (χ2n) is 8.01. The number of hydrogen-bond donors (Lipinski definition) is 0. The summed E-state index contributed by atoms with van der Waals surface area (Å²) in [6.07, 6.45) is 5.54. The van der Waals surface area contributed by atoms with Crippen LogP contribution in [0.2, 0.25) is 10.0 Å². The summed E-state index contributed by atoms with van der Waals surface area (Å²) < 4.78 is 27.4. The topological polar surface area (TPSA) is 57.7 Å². The van der Waals surface area contributed by atoms with Gasteiger partial charge in [-0.1, -0.05) is 42.1 Å². The van der Waals surface area contributed by atoms with E-state index in [4.69, 9.17) is 23.2 Å². The van der Waals surface area contributed by atoms with Gasteiger partial charge in [-0.05, 0) is 51.7 Å². The second-order valence-corrected chi connectivity index (χ2v) is 10.7. The van der Waals surface area contributed by atoms with Crippen LogP contribution in [0.4, 0.5) is 0 Å². The van der Waals surface area contributed by atoms with Crippen LogP contribution in [0.3, 0.4) is 0 Å². The molecule has 1 amide bonds. The fourth-order valence-corrected chi connectivity index (χ4v) is 7.01. The summed E-state index contributed by atoms with van der Waals surface area (Å²) in [6, 6.07) is 5.17. The fraction of sp³-hybridized carbons (Fsp3) is 0.650. The molecule has 0 unspecified atom stereocenters. The Hall–Kier alpha value is -0.820. The molecule has 0 aromatic heterocycles. The molecule has 0 spiro atoms. The molecule has 1 saturated carbocycles. The van der Waals surface area contributed by atoms with E-state index in [0.717, 1.165) is 12.8 Å². The summed E-state index contributed by atoms with van der Waals surface area (Å²) in [5, 5.41) is 0.246. The molecule has 1 aliphatic heterocycles. The summed E-state index contributed by atoms with van der Waals surface area (Å²) in [5.41, 5.74) is 0. The molecule has 1 aromatic carbocycles. The van der Waals surface area contributed by atoms with Crippen molar-refractivity contribution >= 4 is 39.1 Å². The number of carbonyl (C=O) groups is 1. The van der Waals surface area contributed by atoms with Crippen LogP contribution in [-0.2, 0) is 14.8 Å². The fourth-order valence-electron chi connectivity index (χ4n) is 4.45. The van der Waals surface area contributed by atoms with E-state index in [2.05, 4.69) is 13.8 Å². The monoisotopic (exact) mass is 446 g/mol. The summed E-state index contributed by atoms with van der Waals surface area (Å²) in [5.74, 6) is 0.0471. The van der Waals surface area contributed by atoms with Crippen LogP contribution in [0.1, 0.15) is 52.4 Å². The molecule has 156 valence electrons. The van der Waals surface area contributed by atoms with Crippen molar-refractivity contribution in [1.29, 1.82) is 0 Å². The number of benzene rings is 1. The van der Waals surface area contributed by atoms with Crippen molar-refractivity contribution in [3.63, 3.8) is 0 Å². The lowest BCUT2D eigenvalue weighted by Crippen LogP contribution is -2.49. The van der Waals surface area contributed by atoms with Gasteiger partial charge in [0.25, 0.3) is 0 Å². The highest BCUT2D eigenvalue weighted by molar-refractivity contribution is 7.89. The Morgan fingerprint density at radius 1 is 1.07 bits per heavy atom. The van der Waals surface area contributed by atoms with E-state index >= 15 is 0 Å². The highest BCUT2D eigenvalue weighted by Crippen LogP contribution is 2.34. The van der Waals surface area contributed by atoms with Gasteiger partial charge in [0.2, 0.25) is 15.9 Å². The van der Waals surface area contributed by atoms with E-state index < -0.39 is 10.0 Å².